The summed E-state index contributed by atoms with van der Waals surface area (Å²) in [7, 11) is -0.556. The number of aromatic amines is 1. The number of benzene rings is 1. The van der Waals surface area contributed by atoms with Crippen molar-refractivity contribution in [3.63, 3.8) is 0 Å². The van der Waals surface area contributed by atoms with Crippen LogP contribution in [0, 0.1) is 0 Å². The number of pyridine rings is 1. The number of nitrogens with one attached hydrogen (secondary N) is 3. The molecule has 4 aromatic rings. The van der Waals surface area contributed by atoms with Crippen LogP contribution in [-0.4, -0.2) is 52.0 Å². The second-order valence-corrected chi connectivity index (χ2v) is 8.45. The van der Waals surface area contributed by atoms with Crippen molar-refractivity contribution in [1.29, 1.82) is 0 Å². The minimum absolute atomic E-state index is 0.178. The molecule has 3 N–H and O–H groups in total. The highest BCUT2D eigenvalue weighted by atomic mass is 32.2. The number of hydrogen-bond donors (Lipinski definition) is 3. The summed E-state index contributed by atoms with van der Waals surface area (Å²) in [5, 5.41) is 14.0. The first-order valence-electron chi connectivity index (χ1n) is 8.62. The molecular formula is C18H18N8O2S. The van der Waals surface area contributed by atoms with Crippen LogP contribution < -0.4 is 10.6 Å². The smallest absolute Gasteiger partial charge is 0.242 e. The Labute approximate surface area is 167 Å². The Morgan fingerprint density at radius 3 is 2.69 bits per heavy atom. The van der Waals surface area contributed by atoms with E-state index < -0.39 is 10.0 Å². The molecule has 11 heteroatoms. The van der Waals surface area contributed by atoms with Crippen LogP contribution in [0.1, 0.15) is 0 Å². The van der Waals surface area contributed by atoms with Gasteiger partial charge in [0.15, 0.2) is 11.5 Å². The van der Waals surface area contributed by atoms with Gasteiger partial charge in [0.05, 0.1) is 10.3 Å². The number of aromatic nitrogens is 5. The van der Waals surface area contributed by atoms with Gasteiger partial charge in [-0.2, -0.15) is 10.1 Å². The molecule has 0 aliphatic rings. The maximum Gasteiger partial charge on any atom is 0.242 e. The molecule has 3 heterocycles. The van der Waals surface area contributed by atoms with E-state index in [1.54, 1.807) is 30.6 Å². The molecule has 0 radical (unpaired) electrons. The number of H-pyrrole nitrogens is 1. The highest BCUT2D eigenvalue weighted by Crippen LogP contribution is 2.23. The minimum atomic E-state index is -3.53. The van der Waals surface area contributed by atoms with E-state index in [4.69, 9.17) is 0 Å². The van der Waals surface area contributed by atoms with Gasteiger partial charge in [-0.25, -0.2) is 22.7 Å². The normalized spacial score (nSPS) is 11.7. The molecule has 0 unspecified atom stereocenters. The summed E-state index contributed by atoms with van der Waals surface area (Å²) in [6.45, 7) is 0. The standard InChI is InChI=1S/C18H18N8O2S/c1-26(2)29(27,28)13-6-3-5-12(11-13)21-18-20-10-8-15(23-18)22-17-14-7-4-9-19-16(14)24-25-17/h3-11H,1-2H3,(H3,19,20,21,22,23,24,25). The number of nitrogens with zero attached hydrogens (tertiary/aromatic N) is 5. The number of hydrogen-bond acceptors (Lipinski definition) is 8. The van der Waals surface area contributed by atoms with Crippen LogP contribution in [0.3, 0.4) is 0 Å². The quantitative estimate of drug-likeness (QED) is 0.442. The molecule has 0 amide bonds. The lowest BCUT2D eigenvalue weighted by molar-refractivity contribution is 0.521. The van der Waals surface area contributed by atoms with Gasteiger partial charge in [-0.15, -0.1) is 0 Å². The van der Waals surface area contributed by atoms with E-state index in [2.05, 4.69) is 35.8 Å². The Balaban J connectivity index is 1.57. The molecule has 0 saturated heterocycles. The Bertz CT molecular complexity index is 1270. The molecule has 0 fully saturated rings. The first-order valence-corrected chi connectivity index (χ1v) is 10.1. The van der Waals surface area contributed by atoms with Crippen LogP contribution in [-0.2, 0) is 10.0 Å². The summed E-state index contributed by atoms with van der Waals surface area (Å²) in [6.07, 6.45) is 3.27. The average Bonchev–Trinajstić information content (AvgIpc) is 3.11. The molecule has 4 rings (SSSR count). The summed E-state index contributed by atoms with van der Waals surface area (Å²) in [4.78, 5) is 13.0. The van der Waals surface area contributed by atoms with Crippen molar-refractivity contribution in [2.45, 2.75) is 4.90 Å². The van der Waals surface area contributed by atoms with Gasteiger partial charge in [0.1, 0.15) is 5.82 Å². The van der Waals surface area contributed by atoms with E-state index in [9.17, 15) is 8.42 Å². The van der Waals surface area contributed by atoms with Crippen LogP contribution in [0.5, 0.6) is 0 Å². The molecule has 1 aromatic carbocycles. The van der Waals surface area contributed by atoms with E-state index in [0.29, 0.717) is 28.9 Å². The van der Waals surface area contributed by atoms with Gasteiger partial charge >= 0.3 is 0 Å². The summed E-state index contributed by atoms with van der Waals surface area (Å²) in [5.74, 6) is 1.43. The van der Waals surface area contributed by atoms with Crippen LogP contribution in [0.15, 0.2) is 59.8 Å². The molecule has 10 nitrogen and oxygen atoms in total. The molecular weight excluding hydrogens is 392 g/mol. The van der Waals surface area contributed by atoms with Gasteiger partial charge in [-0.1, -0.05) is 6.07 Å². The third-order valence-corrected chi connectivity index (χ3v) is 5.92. The fraction of sp³-hybridized carbons (Fsp3) is 0.111. The zero-order chi connectivity index (χ0) is 20.4. The van der Waals surface area contributed by atoms with Crippen molar-refractivity contribution < 1.29 is 8.42 Å². The first-order chi connectivity index (χ1) is 13.9. The molecule has 3 aromatic heterocycles. The molecule has 0 aliphatic heterocycles. The van der Waals surface area contributed by atoms with E-state index in [-0.39, 0.29) is 4.90 Å². The van der Waals surface area contributed by atoms with Gasteiger partial charge in [-0.3, -0.25) is 5.10 Å². The molecule has 0 aliphatic carbocycles. The summed E-state index contributed by atoms with van der Waals surface area (Å²) in [6, 6.07) is 11.9. The minimum Gasteiger partial charge on any atom is -0.324 e. The fourth-order valence-electron chi connectivity index (χ4n) is 2.63. The second-order valence-electron chi connectivity index (χ2n) is 6.30. The summed E-state index contributed by atoms with van der Waals surface area (Å²) in [5.41, 5.74) is 1.22. The topological polar surface area (TPSA) is 129 Å². The van der Waals surface area contributed by atoms with Crippen molar-refractivity contribution >= 4 is 44.3 Å². The Morgan fingerprint density at radius 1 is 1.00 bits per heavy atom. The Kier molecular flexibility index (Phi) is 4.82. The van der Waals surface area contributed by atoms with Gasteiger partial charge in [0.2, 0.25) is 16.0 Å². The van der Waals surface area contributed by atoms with Gasteiger partial charge < -0.3 is 10.6 Å². The predicted octanol–water partition coefficient (Wildman–Crippen LogP) is 2.49. The molecule has 0 bridgehead atoms. The van der Waals surface area contributed by atoms with Crippen molar-refractivity contribution in [1.82, 2.24) is 29.5 Å². The highest BCUT2D eigenvalue weighted by molar-refractivity contribution is 7.89. The van der Waals surface area contributed by atoms with Gasteiger partial charge in [-0.05, 0) is 36.4 Å². The van der Waals surface area contributed by atoms with Crippen molar-refractivity contribution in [3.8, 4) is 0 Å². The lowest BCUT2D eigenvalue weighted by Crippen LogP contribution is -2.22. The second kappa shape index (κ2) is 7.45. The monoisotopic (exact) mass is 410 g/mol. The fourth-order valence-corrected chi connectivity index (χ4v) is 3.58. The molecule has 0 atom stereocenters. The lowest BCUT2D eigenvalue weighted by atomic mass is 10.3. The lowest BCUT2D eigenvalue weighted by Gasteiger charge is -2.13. The molecule has 0 saturated carbocycles. The van der Waals surface area contributed by atoms with E-state index in [1.807, 2.05) is 12.1 Å². The van der Waals surface area contributed by atoms with Crippen molar-refractivity contribution in [2.24, 2.45) is 0 Å². The molecule has 148 valence electrons. The van der Waals surface area contributed by atoms with Crippen molar-refractivity contribution in [3.05, 3.63) is 54.9 Å². The first kappa shape index (κ1) is 18.8. The largest absolute Gasteiger partial charge is 0.324 e. The van der Waals surface area contributed by atoms with E-state index in [1.165, 1.54) is 26.2 Å². The summed E-state index contributed by atoms with van der Waals surface area (Å²) < 4.78 is 25.8. The van der Waals surface area contributed by atoms with Crippen LogP contribution in [0.25, 0.3) is 11.0 Å². The van der Waals surface area contributed by atoms with Gasteiger partial charge in [0.25, 0.3) is 0 Å². The number of rotatable bonds is 6. The zero-order valence-corrected chi connectivity index (χ0v) is 16.5. The SMILES string of the molecule is CN(C)S(=O)(=O)c1cccc(Nc2nccc(Nc3n[nH]c4ncccc34)n2)c1. The predicted molar refractivity (Wildman–Crippen MR) is 110 cm³/mol. The average molecular weight is 410 g/mol. The highest BCUT2D eigenvalue weighted by Gasteiger charge is 2.17. The van der Waals surface area contributed by atoms with Crippen LogP contribution >= 0.6 is 0 Å². The van der Waals surface area contributed by atoms with Crippen LogP contribution in [0.4, 0.5) is 23.3 Å². The van der Waals surface area contributed by atoms with E-state index >= 15 is 0 Å². The summed E-state index contributed by atoms with van der Waals surface area (Å²) >= 11 is 0. The van der Waals surface area contributed by atoms with Crippen LogP contribution in [0.2, 0.25) is 0 Å². The number of sulfonamides is 1. The van der Waals surface area contributed by atoms with Gasteiger partial charge in [0, 0.05) is 32.2 Å². The van der Waals surface area contributed by atoms with Crippen molar-refractivity contribution in [2.75, 3.05) is 24.7 Å². The molecule has 29 heavy (non-hydrogen) atoms. The van der Waals surface area contributed by atoms with E-state index in [0.717, 1.165) is 9.69 Å². The maximum atomic E-state index is 12.3. The third kappa shape index (κ3) is 3.86. The zero-order valence-electron chi connectivity index (χ0n) is 15.7. The maximum absolute atomic E-state index is 12.3. The Morgan fingerprint density at radius 2 is 1.86 bits per heavy atom. The number of anilines is 4. The Hall–Kier alpha value is -3.57. The molecule has 0 spiro atoms. The number of fused-ring (bicyclic) bond motifs is 1. The third-order valence-electron chi connectivity index (χ3n) is 4.11.